The van der Waals surface area contributed by atoms with Gasteiger partial charge in [-0.25, -0.2) is 12.8 Å². The lowest BCUT2D eigenvalue weighted by Crippen LogP contribution is -2.29. The maximum absolute atomic E-state index is 12.9. The monoisotopic (exact) mass is 340 g/mol. The van der Waals surface area contributed by atoms with Crippen molar-refractivity contribution in [1.82, 2.24) is 4.31 Å². The van der Waals surface area contributed by atoms with Crippen LogP contribution in [-0.4, -0.2) is 36.6 Å². The Morgan fingerprint density at radius 1 is 1.50 bits per heavy atom. The van der Waals surface area contributed by atoms with Crippen LogP contribution in [0.4, 0.5) is 10.1 Å². The molecule has 0 saturated carbocycles. The third-order valence-corrected chi connectivity index (χ3v) is 4.46. The maximum atomic E-state index is 12.9. The van der Waals surface area contributed by atoms with Crippen molar-refractivity contribution in [3.8, 4) is 0 Å². The van der Waals surface area contributed by atoms with E-state index in [2.05, 4.69) is 15.9 Å². The summed E-state index contributed by atoms with van der Waals surface area (Å²) in [5, 5.41) is 11.1. The molecule has 0 aromatic heterocycles. The summed E-state index contributed by atoms with van der Waals surface area (Å²) in [4.78, 5) is 9.31. The Labute approximate surface area is 112 Å². The predicted molar refractivity (Wildman–Crippen MR) is 66.7 cm³/mol. The number of hydrogen-bond donors (Lipinski definition) is 0. The van der Waals surface area contributed by atoms with Gasteiger partial charge in [0.05, 0.1) is 11.0 Å². The highest BCUT2D eigenvalue weighted by molar-refractivity contribution is 9.09. The zero-order valence-corrected chi connectivity index (χ0v) is 11.7. The van der Waals surface area contributed by atoms with Crippen molar-refractivity contribution in [2.75, 3.05) is 18.9 Å². The van der Waals surface area contributed by atoms with Gasteiger partial charge in [-0.15, -0.1) is 0 Å². The van der Waals surface area contributed by atoms with E-state index in [-0.39, 0.29) is 6.54 Å². The second-order valence-corrected chi connectivity index (χ2v) is 6.19. The van der Waals surface area contributed by atoms with E-state index in [0.717, 1.165) is 16.4 Å². The Balaban J connectivity index is 3.37. The topological polar surface area (TPSA) is 80.5 Å². The second kappa shape index (κ2) is 5.72. The van der Waals surface area contributed by atoms with Crippen LogP contribution in [0.15, 0.2) is 23.1 Å². The van der Waals surface area contributed by atoms with Crippen molar-refractivity contribution in [2.45, 2.75) is 4.90 Å². The lowest BCUT2D eigenvalue weighted by molar-refractivity contribution is -0.388. The van der Waals surface area contributed by atoms with Gasteiger partial charge in [0.15, 0.2) is 4.90 Å². The van der Waals surface area contributed by atoms with Crippen LogP contribution in [0.3, 0.4) is 0 Å². The first-order valence-corrected chi connectivity index (χ1v) is 7.33. The van der Waals surface area contributed by atoms with Gasteiger partial charge in [0, 0.05) is 18.9 Å². The van der Waals surface area contributed by atoms with Crippen molar-refractivity contribution in [3.05, 3.63) is 34.1 Å². The minimum absolute atomic E-state index is 0.150. The van der Waals surface area contributed by atoms with Gasteiger partial charge in [-0.1, -0.05) is 15.9 Å². The SMILES string of the molecule is CN(CCBr)S(=O)(=O)c1ccc(F)cc1[N+](=O)[O-]. The summed E-state index contributed by atoms with van der Waals surface area (Å²) in [6.07, 6.45) is 0. The maximum Gasteiger partial charge on any atom is 0.292 e. The number of nitro groups is 1. The van der Waals surface area contributed by atoms with Gasteiger partial charge < -0.3 is 0 Å². The number of sulfonamides is 1. The number of hydrogen-bond acceptors (Lipinski definition) is 4. The van der Waals surface area contributed by atoms with Crippen LogP contribution < -0.4 is 0 Å². The summed E-state index contributed by atoms with van der Waals surface area (Å²) < 4.78 is 38.0. The van der Waals surface area contributed by atoms with Gasteiger partial charge in [-0.3, -0.25) is 10.1 Å². The Hall–Kier alpha value is -1.06. The molecule has 1 rings (SSSR count). The molecule has 18 heavy (non-hydrogen) atoms. The summed E-state index contributed by atoms with van der Waals surface area (Å²) in [7, 11) is -2.70. The minimum Gasteiger partial charge on any atom is -0.258 e. The van der Waals surface area contributed by atoms with Crippen LogP contribution in [0.2, 0.25) is 0 Å². The molecule has 1 aromatic rings. The first kappa shape index (κ1) is 15.0. The number of alkyl halides is 1. The molecule has 0 bridgehead atoms. The van der Waals surface area contributed by atoms with Crippen LogP contribution in [0, 0.1) is 15.9 Å². The molecule has 0 unspecified atom stereocenters. The Morgan fingerprint density at radius 2 is 2.11 bits per heavy atom. The largest absolute Gasteiger partial charge is 0.292 e. The van der Waals surface area contributed by atoms with Crippen LogP contribution >= 0.6 is 15.9 Å². The molecule has 100 valence electrons. The second-order valence-electron chi connectivity index (χ2n) is 3.38. The van der Waals surface area contributed by atoms with Crippen LogP contribution in [0.5, 0.6) is 0 Å². The summed E-state index contributed by atoms with van der Waals surface area (Å²) in [5.41, 5.74) is -0.767. The fourth-order valence-corrected chi connectivity index (χ4v) is 3.33. The Kier molecular flexibility index (Phi) is 4.77. The van der Waals surface area contributed by atoms with Crippen molar-refractivity contribution in [1.29, 1.82) is 0 Å². The van der Waals surface area contributed by atoms with Crippen LogP contribution in [0.1, 0.15) is 0 Å². The van der Waals surface area contributed by atoms with E-state index in [1.54, 1.807) is 0 Å². The Morgan fingerprint density at radius 3 is 2.61 bits per heavy atom. The highest BCUT2D eigenvalue weighted by Gasteiger charge is 2.29. The minimum atomic E-state index is -4.00. The molecular formula is C9H10BrFN2O4S. The number of nitro benzene ring substituents is 1. The summed E-state index contributed by atoms with van der Waals surface area (Å²) in [6, 6.07) is 2.37. The third kappa shape index (κ3) is 3.03. The number of nitrogens with zero attached hydrogens (tertiary/aromatic N) is 2. The normalized spacial score (nSPS) is 11.8. The van der Waals surface area contributed by atoms with Gasteiger partial charge in [-0.2, -0.15) is 4.31 Å². The molecule has 0 aliphatic heterocycles. The zero-order valence-electron chi connectivity index (χ0n) is 9.34. The van der Waals surface area contributed by atoms with Gasteiger partial charge in [0.1, 0.15) is 5.82 Å². The molecule has 0 fully saturated rings. The average Bonchev–Trinajstić information content (AvgIpc) is 2.28. The molecule has 6 nitrogen and oxygen atoms in total. The molecule has 9 heteroatoms. The van der Waals surface area contributed by atoms with Gasteiger partial charge in [0.2, 0.25) is 10.0 Å². The lowest BCUT2D eigenvalue weighted by Gasteiger charge is -2.15. The fraction of sp³-hybridized carbons (Fsp3) is 0.333. The highest BCUT2D eigenvalue weighted by atomic mass is 79.9. The predicted octanol–water partition coefficient (Wildman–Crippen LogP) is 1.75. The van der Waals surface area contributed by atoms with E-state index < -0.39 is 31.3 Å². The third-order valence-electron chi connectivity index (χ3n) is 2.21. The van der Waals surface area contributed by atoms with Crippen LogP contribution in [0.25, 0.3) is 0 Å². The highest BCUT2D eigenvalue weighted by Crippen LogP contribution is 2.26. The summed E-state index contributed by atoms with van der Waals surface area (Å²) in [6.45, 7) is 0.150. The van der Waals surface area contributed by atoms with Crippen molar-refractivity contribution < 1.29 is 17.7 Å². The molecule has 0 heterocycles. The van der Waals surface area contributed by atoms with Gasteiger partial charge in [0.25, 0.3) is 5.69 Å². The molecule has 0 spiro atoms. The van der Waals surface area contributed by atoms with Gasteiger partial charge in [-0.05, 0) is 12.1 Å². The van der Waals surface area contributed by atoms with E-state index >= 15 is 0 Å². The zero-order chi connectivity index (χ0) is 13.9. The summed E-state index contributed by atoms with van der Waals surface area (Å²) >= 11 is 3.07. The van der Waals surface area contributed by atoms with E-state index in [4.69, 9.17) is 0 Å². The average molecular weight is 341 g/mol. The quantitative estimate of drug-likeness (QED) is 0.464. The van der Waals surface area contributed by atoms with E-state index in [1.807, 2.05) is 0 Å². The molecule has 0 amide bonds. The molecule has 1 aromatic carbocycles. The summed E-state index contributed by atoms with van der Waals surface area (Å²) in [5.74, 6) is -0.858. The standard InChI is InChI=1S/C9H10BrFN2O4S/c1-12(5-4-10)18(16,17)9-3-2-7(11)6-8(9)13(14)15/h2-3,6H,4-5H2,1H3. The lowest BCUT2D eigenvalue weighted by atomic mass is 10.3. The molecule has 0 atom stereocenters. The Bertz CT molecular complexity index is 564. The van der Waals surface area contributed by atoms with E-state index in [0.29, 0.717) is 11.4 Å². The molecule has 0 aliphatic carbocycles. The first-order valence-electron chi connectivity index (χ1n) is 4.77. The number of rotatable bonds is 5. The van der Waals surface area contributed by atoms with Crippen molar-refractivity contribution in [3.63, 3.8) is 0 Å². The molecule has 0 N–H and O–H groups in total. The first-order chi connectivity index (χ1) is 8.30. The van der Waals surface area contributed by atoms with Crippen LogP contribution in [-0.2, 0) is 10.0 Å². The van der Waals surface area contributed by atoms with E-state index in [1.165, 1.54) is 7.05 Å². The van der Waals surface area contributed by atoms with E-state index in [9.17, 15) is 22.9 Å². The molecular weight excluding hydrogens is 331 g/mol. The number of halogens is 2. The van der Waals surface area contributed by atoms with Crippen molar-refractivity contribution in [2.24, 2.45) is 0 Å². The molecule has 0 saturated heterocycles. The molecule has 0 aliphatic rings. The van der Waals surface area contributed by atoms with Crippen molar-refractivity contribution >= 4 is 31.6 Å². The number of benzene rings is 1. The fourth-order valence-electron chi connectivity index (χ4n) is 1.26. The van der Waals surface area contributed by atoms with Gasteiger partial charge >= 0.3 is 0 Å². The smallest absolute Gasteiger partial charge is 0.258 e. The molecule has 0 radical (unpaired) electrons.